The molecule has 1 aromatic rings. The highest BCUT2D eigenvalue weighted by molar-refractivity contribution is 7.89. The number of thiophene rings is 1. The van der Waals surface area contributed by atoms with Gasteiger partial charge in [0.25, 0.3) is 0 Å². The highest BCUT2D eigenvalue weighted by atomic mass is 32.2. The van der Waals surface area contributed by atoms with Crippen LogP contribution in [0, 0.1) is 6.92 Å². The maximum absolute atomic E-state index is 11.3. The van der Waals surface area contributed by atoms with Crippen LogP contribution in [0.25, 0.3) is 0 Å². The summed E-state index contributed by atoms with van der Waals surface area (Å²) in [5.74, 6) is 0.790. The Hall–Kier alpha value is -1.12. The topological polar surface area (TPSA) is 82.6 Å². The Morgan fingerprint density at radius 1 is 1.24 bits per heavy atom. The van der Waals surface area contributed by atoms with Gasteiger partial charge in [-0.2, -0.15) is 0 Å². The molecule has 0 aromatic carbocycles. The zero-order chi connectivity index (χ0) is 15.7. The lowest BCUT2D eigenvalue weighted by molar-refractivity contribution is 0.582. The smallest absolute Gasteiger partial charge is 0.211 e. The number of rotatable bonds is 8. The molecule has 1 heterocycles. The summed E-state index contributed by atoms with van der Waals surface area (Å²) in [7, 11) is -3.13. The van der Waals surface area contributed by atoms with Crippen LogP contribution in [0.2, 0.25) is 0 Å². The van der Waals surface area contributed by atoms with E-state index in [9.17, 15) is 8.42 Å². The third-order valence-corrected chi connectivity index (χ3v) is 5.04. The standard InChI is InChI=1S/C13H24N4O2S2/c1-4-14-13(15-8-9-17-21(18,19)5-2)16-10-12-7-6-11(3)20-12/h6-7,17H,4-5,8-10H2,1-3H3,(H2,14,15,16). The van der Waals surface area contributed by atoms with Crippen molar-refractivity contribution < 1.29 is 8.42 Å². The van der Waals surface area contributed by atoms with Gasteiger partial charge in [0.05, 0.1) is 12.3 Å². The van der Waals surface area contributed by atoms with Crippen LogP contribution in [0.15, 0.2) is 17.1 Å². The van der Waals surface area contributed by atoms with Crippen LogP contribution in [0.4, 0.5) is 0 Å². The maximum Gasteiger partial charge on any atom is 0.211 e. The van der Waals surface area contributed by atoms with Crippen molar-refractivity contribution in [2.45, 2.75) is 27.3 Å². The van der Waals surface area contributed by atoms with Crippen molar-refractivity contribution in [1.82, 2.24) is 15.4 Å². The van der Waals surface area contributed by atoms with Crippen molar-refractivity contribution in [3.05, 3.63) is 21.9 Å². The second-order valence-electron chi connectivity index (χ2n) is 4.43. The molecule has 6 nitrogen and oxygen atoms in total. The number of nitrogens with one attached hydrogen (secondary N) is 3. The summed E-state index contributed by atoms with van der Waals surface area (Å²) in [5, 5.41) is 6.25. The molecule has 0 spiro atoms. The molecule has 0 aliphatic heterocycles. The second kappa shape index (κ2) is 9.01. The summed E-state index contributed by atoms with van der Waals surface area (Å²) in [6.07, 6.45) is 0. The third-order valence-electron chi connectivity index (χ3n) is 2.65. The Kier molecular flexibility index (Phi) is 7.69. The third kappa shape index (κ3) is 7.45. The molecule has 0 aliphatic rings. The fraction of sp³-hybridized carbons (Fsp3) is 0.615. The van der Waals surface area contributed by atoms with Crippen LogP contribution in [0.5, 0.6) is 0 Å². The highest BCUT2D eigenvalue weighted by Gasteiger charge is 2.05. The van der Waals surface area contributed by atoms with Crippen LogP contribution in [-0.2, 0) is 16.6 Å². The molecule has 120 valence electrons. The minimum absolute atomic E-state index is 0.0961. The molecule has 1 rings (SSSR count). The molecule has 0 fully saturated rings. The number of guanidine groups is 1. The molecule has 3 N–H and O–H groups in total. The number of hydrogen-bond acceptors (Lipinski definition) is 4. The number of nitrogens with zero attached hydrogens (tertiary/aromatic N) is 1. The van der Waals surface area contributed by atoms with E-state index in [1.165, 1.54) is 9.75 Å². The summed E-state index contributed by atoms with van der Waals surface area (Å²) in [4.78, 5) is 6.95. The Bertz CT molecular complexity index is 552. The van der Waals surface area contributed by atoms with Crippen molar-refractivity contribution in [1.29, 1.82) is 0 Å². The highest BCUT2D eigenvalue weighted by Crippen LogP contribution is 2.15. The lowest BCUT2D eigenvalue weighted by Crippen LogP contribution is -2.41. The molecule has 0 saturated heterocycles. The van der Waals surface area contributed by atoms with Gasteiger partial charge in [-0.15, -0.1) is 11.3 Å². The quantitative estimate of drug-likeness (QED) is 0.377. The molecule has 0 aliphatic carbocycles. The average molecular weight is 332 g/mol. The lowest BCUT2D eigenvalue weighted by Gasteiger charge is -2.11. The first kappa shape index (κ1) is 17.9. The largest absolute Gasteiger partial charge is 0.357 e. The van der Waals surface area contributed by atoms with Crippen molar-refractivity contribution in [2.24, 2.45) is 4.99 Å². The Labute approximate surface area is 131 Å². The first-order valence-electron chi connectivity index (χ1n) is 7.01. The van der Waals surface area contributed by atoms with Crippen LogP contribution in [0.1, 0.15) is 23.6 Å². The summed E-state index contributed by atoms with van der Waals surface area (Å²) in [6, 6.07) is 4.15. The van der Waals surface area contributed by atoms with Gasteiger partial charge in [-0.25, -0.2) is 18.1 Å². The van der Waals surface area contributed by atoms with Gasteiger partial charge in [0, 0.05) is 29.4 Å². The van der Waals surface area contributed by atoms with E-state index in [0.717, 1.165) is 6.54 Å². The number of aliphatic imine (C=N–C) groups is 1. The summed E-state index contributed by atoms with van der Waals surface area (Å²) in [5.41, 5.74) is 0. The fourth-order valence-corrected chi connectivity index (χ4v) is 2.99. The molecule has 0 saturated carbocycles. The molecule has 0 amide bonds. The molecule has 0 bridgehead atoms. The van der Waals surface area contributed by atoms with E-state index < -0.39 is 10.0 Å². The minimum atomic E-state index is -3.13. The first-order valence-corrected chi connectivity index (χ1v) is 9.48. The number of sulfonamides is 1. The van der Waals surface area contributed by atoms with E-state index in [0.29, 0.717) is 25.6 Å². The van der Waals surface area contributed by atoms with Crippen molar-refractivity contribution in [3.8, 4) is 0 Å². The van der Waals surface area contributed by atoms with E-state index in [-0.39, 0.29) is 5.75 Å². The van der Waals surface area contributed by atoms with Gasteiger partial charge in [-0.05, 0) is 32.9 Å². The van der Waals surface area contributed by atoms with Gasteiger partial charge in [-0.1, -0.05) is 0 Å². The van der Waals surface area contributed by atoms with Crippen LogP contribution in [-0.4, -0.2) is 39.8 Å². The summed E-state index contributed by atoms with van der Waals surface area (Å²) < 4.78 is 25.1. The van der Waals surface area contributed by atoms with E-state index in [1.54, 1.807) is 18.3 Å². The predicted molar refractivity (Wildman–Crippen MR) is 89.3 cm³/mol. The van der Waals surface area contributed by atoms with Crippen molar-refractivity contribution in [2.75, 3.05) is 25.4 Å². The fourth-order valence-electron chi connectivity index (χ4n) is 1.56. The molecule has 0 atom stereocenters. The zero-order valence-electron chi connectivity index (χ0n) is 12.8. The first-order chi connectivity index (χ1) is 9.96. The number of hydrogen-bond donors (Lipinski definition) is 3. The molecule has 0 unspecified atom stereocenters. The van der Waals surface area contributed by atoms with E-state index in [1.807, 2.05) is 6.92 Å². The monoisotopic (exact) mass is 332 g/mol. The predicted octanol–water partition coefficient (Wildman–Crippen LogP) is 1.05. The summed E-state index contributed by atoms with van der Waals surface area (Å²) >= 11 is 1.73. The Morgan fingerprint density at radius 3 is 2.57 bits per heavy atom. The van der Waals surface area contributed by atoms with E-state index in [4.69, 9.17) is 0 Å². The average Bonchev–Trinajstić information content (AvgIpc) is 2.86. The minimum Gasteiger partial charge on any atom is -0.357 e. The second-order valence-corrected chi connectivity index (χ2v) is 7.90. The Balaban J connectivity index is 2.42. The van der Waals surface area contributed by atoms with Crippen LogP contribution in [0.3, 0.4) is 0 Å². The normalized spacial score (nSPS) is 12.4. The molecular formula is C13H24N4O2S2. The van der Waals surface area contributed by atoms with Crippen molar-refractivity contribution >= 4 is 27.3 Å². The van der Waals surface area contributed by atoms with E-state index >= 15 is 0 Å². The maximum atomic E-state index is 11.3. The molecule has 0 radical (unpaired) electrons. The van der Waals surface area contributed by atoms with Gasteiger partial charge in [0.2, 0.25) is 10.0 Å². The SMILES string of the molecule is CCNC(=NCc1ccc(C)s1)NCCNS(=O)(=O)CC. The molecule has 1 aromatic heterocycles. The molecule has 8 heteroatoms. The lowest BCUT2D eigenvalue weighted by atomic mass is 10.4. The van der Waals surface area contributed by atoms with Gasteiger partial charge < -0.3 is 10.6 Å². The van der Waals surface area contributed by atoms with Crippen LogP contribution >= 0.6 is 11.3 Å². The van der Waals surface area contributed by atoms with Gasteiger partial charge in [-0.3, -0.25) is 0 Å². The van der Waals surface area contributed by atoms with Crippen LogP contribution < -0.4 is 15.4 Å². The van der Waals surface area contributed by atoms with Gasteiger partial charge in [0.15, 0.2) is 5.96 Å². The zero-order valence-corrected chi connectivity index (χ0v) is 14.4. The van der Waals surface area contributed by atoms with Crippen molar-refractivity contribution in [3.63, 3.8) is 0 Å². The summed E-state index contributed by atoms with van der Waals surface area (Å²) in [6.45, 7) is 7.90. The Morgan fingerprint density at radius 2 is 2.00 bits per heavy atom. The van der Waals surface area contributed by atoms with E-state index in [2.05, 4.69) is 39.4 Å². The number of aryl methyl sites for hydroxylation is 1. The van der Waals surface area contributed by atoms with Gasteiger partial charge in [0.1, 0.15) is 0 Å². The molecule has 21 heavy (non-hydrogen) atoms. The molecular weight excluding hydrogens is 308 g/mol. The van der Waals surface area contributed by atoms with Gasteiger partial charge >= 0.3 is 0 Å².